The van der Waals surface area contributed by atoms with Crippen molar-refractivity contribution in [3.63, 3.8) is 0 Å². The van der Waals surface area contributed by atoms with Gasteiger partial charge in [0.2, 0.25) is 0 Å². The summed E-state index contributed by atoms with van der Waals surface area (Å²) in [5.41, 5.74) is 1.17. The van der Waals surface area contributed by atoms with Crippen molar-refractivity contribution in [3.8, 4) is 0 Å². The van der Waals surface area contributed by atoms with Crippen molar-refractivity contribution in [3.05, 3.63) is 71.8 Å². The first-order valence-corrected chi connectivity index (χ1v) is 5.15. The van der Waals surface area contributed by atoms with E-state index in [9.17, 15) is 9.18 Å². The number of hydrogen-bond acceptors (Lipinski definition) is 2. The second-order valence-corrected chi connectivity index (χ2v) is 3.46. The molecule has 3 heteroatoms. The zero-order valence-electron chi connectivity index (χ0n) is 9.01. The van der Waals surface area contributed by atoms with Crippen LogP contribution in [-0.4, -0.2) is 10.8 Å². The highest BCUT2D eigenvalue weighted by atomic mass is 19.1. The van der Waals surface area contributed by atoms with E-state index in [0.717, 1.165) is 0 Å². The maximum absolute atomic E-state index is 12.7. The fraction of sp³-hybridized carbons (Fsp3) is 0. The minimum absolute atomic E-state index is 0.171. The number of pyridine rings is 1. The smallest absolute Gasteiger partial charge is 0.185 e. The normalized spacial score (nSPS) is 10.6. The number of carbonyl (C=O) groups is 1. The Hall–Kier alpha value is -2.29. The number of nitrogens with zero attached hydrogens (tertiary/aromatic N) is 1. The maximum Gasteiger partial charge on any atom is 0.185 e. The van der Waals surface area contributed by atoms with Gasteiger partial charge >= 0.3 is 0 Å². The summed E-state index contributed by atoms with van der Waals surface area (Å²) in [7, 11) is 0. The van der Waals surface area contributed by atoms with E-state index in [1.54, 1.807) is 24.4 Å². The predicted octanol–water partition coefficient (Wildman–Crippen LogP) is 3.12. The molecule has 0 unspecified atom stereocenters. The topological polar surface area (TPSA) is 30.0 Å². The summed E-state index contributed by atoms with van der Waals surface area (Å²) in [5.74, 6) is -0.522. The lowest BCUT2D eigenvalue weighted by molar-refractivity contribution is 0.104. The Labute approximate surface area is 98.4 Å². The molecule has 0 saturated carbocycles. The molecule has 0 aliphatic rings. The van der Waals surface area contributed by atoms with E-state index >= 15 is 0 Å². The van der Waals surface area contributed by atoms with E-state index in [1.165, 1.54) is 30.3 Å². The molecule has 0 saturated heterocycles. The van der Waals surface area contributed by atoms with Crippen LogP contribution in [0.3, 0.4) is 0 Å². The third-order valence-electron chi connectivity index (χ3n) is 2.22. The van der Waals surface area contributed by atoms with E-state index in [1.807, 2.05) is 6.07 Å². The average molecular weight is 227 g/mol. The highest BCUT2D eigenvalue weighted by molar-refractivity contribution is 6.06. The first-order chi connectivity index (χ1) is 8.25. The number of allylic oxidation sites excluding steroid dienone is 1. The molecule has 2 rings (SSSR count). The van der Waals surface area contributed by atoms with E-state index < -0.39 is 0 Å². The highest BCUT2D eigenvalue weighted by Gasteiger charge is 2.01. The molecular weight excluding hydrogens is 217 g/mol. The molecular formula is C14H10FNO. The van der Waals surface area contributed by atoms with Crippen molar-refractivity contribution in [2.75, 3.05) is 0 Å². The molecule has 0 amide bonds. The Morgan fingerprint density at radius 3 is 2.53 bits per heavy atom. The molecule has 0 spiro atoms. The van der Waals surface area contributed by atoms with Crippen LogP contribution in [0, 0.1) is 5.82 Å². The van der Waals surface area contributed by atoms with Crippen LogP contribution in [0.5, 0.6) is 0 Å². The second-order valence-electron chi connectivity index (χ2n) is 3.46. The molecule has 84 valence electrons. The zero-order chi connectivity index (χ0) is 12.1. The van der Waals surface area contributed by atoms with Gasteiger partial charge in [0.05, 0.1) is 5.69 Å². The second kappa shape index (κ2) is 5.16. The minimum Gasteiger partial charge on any atom is -0.289 e. The summed E-state index contributed by atoms with van der Waals surface area (Å²) in [6, 6.07) is 10.9. The van der Waals surface area contributed by atoms with E-state index in [4.69, 9.17) is 0 Å². The third kappa shape index (κ3) is 3.08. The lowest BCUT2D eigenvalue weighted by atomic mass is 10.1. The van der Waals surface area contributed by atoms with Crippen molar-refractivity contribution in [1.82, 2.24) is 4.98 Å². The van der Waals surface area contributed by atoms with Gasteiger partial charge in [0.1, 0.15) is 5.82 Å². The van der Waals surface area contributed by atoms with Crippen LogP contribution in [-0.2, 0) is 0 Å². The van der Waals surface area contributed by atoms with Crippen molar-refractivity contribution in [2.24, 2.45) is 0 Å². The van der Waals surface area contributed by atoms with Gasteiger partial charge in [-0.25, -0.2) is 4.39 Å². The largest absolute Gasteiger partial charge is 0.289 e. The van der Waals surface area contributed by atoms with Gasteiger partial charge in [-0.2, -0.15) is 0 Å². The SMILES string of the molecule is O=C(/C=C/c1ccccn1)c1ccc(F)cc1. The van der Waals surface area contributed by atoms with Crippen LogP contribution < -0.4 is 0 Å². The molecule has 0 atom stereocenters. The molecule has 2 nitrogen and oxygen atoms in total. The van der Waals surface area contributed by atoms with Gasteiger partial charge in [0.25, 0.3) is 0 Å². The number of halogens is 1. The van der Waals surface area contributed by atoms with Gasteiger partial charge < -0.3 is 0 Å². The lowest BCUT2D eigenvalue weighted by Gasteiger charge is -1.95. The fourth-order valence-electron chi connectivity index (χ4n) is 1.35. The molecule has 0 aliphatic carbocycles. The first-order valence-electron chi connectivity index (χ1n) is 5.15. The number of ketones is 1. The Balaban J connectivity index is 2.12. The predicted molar refractivity (Wildman–Crippen MR) is 64.0 cm³/mol. The van der Waals surface area contributed by atoms with Crippen LogP contribution in [0.15, 0.2) is 54.7 Å². The summed E-state index contributed by atoms with van der Waals surface area (Å²) in [5, 5.41) is 0. The van der Waals surface area contributed by atoms with Crippen LogP contribution >= 0.6 is 0 Å². The lowest BCUT2D eigenvalue weighted by Crippen LogP contribution is -1.94. The average Bonchev–Trinajstić information content (AvgIpc) is 2.38. The Kier molecular flexibility index (Phi) is 3.40. The first kappa shape index (κ1) is 11.2. The molecule has 2 aromatic rings. The molecule has 1 aromatic carbocycles. The molecule has 0 bridgehead atoms. The number of carbonyl (C=O) groups excluding carboxylic acids is 1. The molecule has 0 aliphatic heterocycles. The fourth-order valence-corrected chi connectivity index (χ4v) is 1.35. The molecule has 1 heterocycles. The van der Waals surface area contributed by atoms with Crippen molar-refractivity contribution in [1.29, 1.82) is 0 Å². The third-order valence-corrected chi connectivity index (χ3v) is 2.22. The maximum atomic E-state index is 12.7. The van der Waals surface area contributed by atoms with Crippen LogP contribution in [0.4, 0.5) is 4.39 Å². The monoisotopic (exact) mass is 227 g/mol. The summed E-state index contributed by atoms with van der Waals surface area (Å²) < 4.78 is 12.7. The van der Waals surface area contributed by atoms with Crippen LogP contribution in [0.1, 0.15) is 16.1 Å². The van der Waals surface area contributed by atoms with E-state index in [-0.39, 0.29) is 11.6 Å². The molecule has 0 N–H and O–H groups in total. The van der Waals surface area contributed by atoms with Crippen molar-refractivity contribution in [2.45, 2.75) is 0 Å². The van der Waals surface area contributed by atoms with Crippen LogP contribution in [0.25, 0.3) is 6.08 Å². The number of aromatic nitrogens is 1. The van der Waals surface area contributed by atoms with Crippen LogP contribution in [0.2, 0.25) is 0 Å². The van der Waals surface area contributed by atoms with E-state index in [0.29, 0.717) is 11.3 Å². The number of benzene rings is 1. The van der Waals surface area contributed by atoms with Gasteiger partial charge in [-0.05, 0) is 48.6 Å². The highest BCUT2D eigenvalue weighted by Crippen LogP contribution is 2.05. The Morgan fingerprint density at radius 1 is 1.12 bits per heavy atom. The van der Waals surface area contributed by atoms with E-state index in [2.05, 4.69) is 4.98 Å². The van der Waals surface area contributed by atoms with Gasteiger partial charge in [-0.1, -0.05) is 6.07 Å². The standard InChI is InChI=1S/C14H10FNO/c15-12-6-4-11(5-7-12)14(17)9-8-13-3-1-2-10-16-13/h1-10H/b9-8+. The molecule has 0 radical (unpaired) electrons. The van der Waals surface area contributed by atoms with Crippen molar-refractivity contribution < 1.29 is 9.18 Å². The van der Waals surface area contributed by atoms with Gasteiger partial charge in [-0.3, -0.25) is 9.78 Å². The minimum atomic E-state index is -0.352. The van der Waals surface area contributed by atoms with Crippen molar-refractivity contribution >= 4 is 11.9 Å². The summed E-state index contributed by atoms with van der Waals surface area (Å²) in [6.07, 6.45) is 4.71. The van der Waals surface area contributed by atoms with Gasteiger partial charge in [0, 0.05) is 11.8 Å². The van der Waals surface area contributed by atoms with Gasteiger partial charge in [0.15, 0.2) is 5.78 Å². The van der Waals surface area contributed by atoms with Gasteiger partial charge in [-0.15, -0.1) is 0 Å². The Bertz CT molecular complexity index is 532. The molecule has 17 heavy (non-hydrogen) atoms. The summed E-state index contributed by atoms with van der Waals surface area (Å²) >= 11 is 0. The quantitative estimate of drug-likeness (QED) is 0.595. The number of hydrogen-bond donors (Lipinski definition) is 0. The Morgan fingerprint density at radius 2 is 1.88 bits per heavy atom. The molecule has 1 aromatic heterocycles. The number of rotatable bonds is 3. The summed E-state index contributed by atoms with van der Waals surface area (Å²) in [4.78, 5) is 15.8. The zero-order valence-corrected chi connectivity index (χ0v) is 9.01. The molecule has 0 fully saturated rings. The summed E-state index contributed by atoms with van der Waals surface area (Å²) in [6.45, 7) is 0.